The van der Waals surface area contributed by atoms with E-state index in [0.717, 1.165) is 11.3 Å². The van der Waals surface area contributed by atoms with Crippen LogP contribution in [0.4, 0.5) is 5.82 Å². The maximum absolute atomic E-state index is 12.0. The van der Waals surface area contributed by atoms with Gasteiger partial charge in [0.2, 0.25) is 0 Å². The Bertz CT molecular complexity index is 663. The van der Waals surface area contributed by atoms with Gasteiger partial charge in [-0.25, -0.2) is 0 Å². The third kappa shape index (κ3) is 4.95. The monoisotopic (exact) mass is 314 g/mol. The largest absolute Gasteiger partial charge is 0.496 e. The van der Waals surface area contributed by atoms with E-state index in [2.05, 4.69) is 20.8 Å². The molecule has 0 spiro atoms. The van der Waals surface area contributed by atoms with Crippen molar-refractivity contribution in [2.75, 3.05) is 12.4 Å². The quantitative estimate of drug-likeness (QED) is 0.887. The second-order valence-corrected chi connectivity index (χ2v) is 6.17. The van der Waals surface area contributed by atoms with Crippen molar-refractivity contribution in [3.63, 3.8) is 0 Å². The number of carbonyl (C=O) groups is 1. The maximum Gasteiger partial charge on any atom is 0.272 e. The Balaban J connectivity index is 1.99. The fourth-order valence-electron chi connectivity index (χ4n) is 1.99. The summed E-state index contributed by atoms with van der Waals surface area (Å²) < 4.78 is 5.30. The second kappa shape index (κ2) is 7.09. The Kier molecular flexibility index (Phi) is 5.16. The third-order valence-corrected chi connectivity index (χ3v) is 3.04. The minimum absolute atomic E-state index is 0.235. The lowest BCUT2D eigenvalue weighted by atomic mass is 10.1. The zero-order chi connectivity index (χ0) is 16.9. The van der Waals surface area contributed by atoms with Crippen molar-refractivity contribution in [3.05, 3.63) is 47.7 Å². The molecule has 0 aliphatic rings. The van der Waals surface area contributed by atoms with Gasteiger partial charge in [0.1, 0.15) is 11.6 Å². The molecule has 122 valence electrons. The molecule has 0 aliphatic carbocycles. The van der Waals surface area contributed by atoms with Crippen molar-refractivity contribution in [3.8, 4) is 5.75 Å². The molecule has 1 aromatic heterocycles. The first-order valence-corrected chi connectivity index (χ1v) is 7.41. The molecule has 0 radical (unpaired) electrons. The number of hydrogen-bond donors (Lipinski definition) is 2. The fraction of sp³-hybridized carbons (Fsp3) is 0.353. The number of nitrogens with one attached hydrogen (secondary N) is 2. The summed E-state index contributed by atoms with van der Waals surface area (Å²) in [5, 5.41) is 14.0. The van der Waals surface area contributed by atoms with Gasteiger partial charge in [-0.15, -0.1) is 10.2 Å². The summed E-state index contributed by atoms with van der Waals surface area (Å²) >= 11 is 0. The average Bonchev–Trinajstić information content (AvgIpc) is 2.52. The van der Waals surface area contributed by atoms with Crippen LogP contribution in [0.25, 0.3) is 0 Å². The van der Waals surface area contributed by atoms with E-state index >= 15 is 0 Å². The van der Waals surface area contributed by atoms with Crippen LogP contribution in [0.1, 0.15) is 36.8 Å². The van der Waals surface area contributed by atoms with Gasteiger partial charge in [0.15, 0.2) is 5.69 Å². The molecule has 0 aliphatic heterocycles. The number of amides is 1. The Hall–Kier alpha value is -2.63. The van der Waals surface area contributed by atoms with Crippen LogP contribution in [-0.2, 0) is 6.54 Å². The van der Waals surface area contributed by atoms with E-state index in [9.17, 15) is 4.79 Å². The number of benzene rings is 1. The first kappa shape index (κ1) is 16.7. The van der Waals surface area contributed by atoms with Crippen LogP contribution in [0, 0.1) is 0 Å². The highest BCUT2D eigenvalue weighted by molar-refractivity contribution is 5.92. The van der Waals surface area contributed by atoms with Gasteiger partial charge in [0.05, 0.1) is 7.11 Å². The molecular weight excluding hydrogens is 292 g/mol. The predicted molar refractivity (Wildman–Crippen MR) is 89.6 cm³/mol. The molecule has 0 saturated heterocycles. The molecule has 2 rings (SSSR count). The maximum atomic E-state index is 12.0. The van der Waals surface area contributed by atoms with E-state index in [1.807, 2.05) is 45.0 Å². The topological polar surface area (TPSA) is 76.1 Å². The third-order valence-electron chi connectivity index (χ3n) is 3.04. The summed E-state index contributed by atoms with van der Waals surface area (Å²) in [7, 11) is 1.64. The molecule has 1 aromatic carbocycles. The van der Waals surface area contributed by atoms with Gasteiger partial charge in [-0.05, 0) is 39.0 Å². The van der Waals surface area contributed by atoms with Crippen molar-refractivity contribution in [2.24, 2.45) is 0 Å². The van der Waals surface area contributed by atoms with Crippen molar-refractivity contribution in [1.29, 1.82) is 0 Å². The van der Waals surface area contributed by atoms with E-state index < -0.39 is 0 Å². The molecule has 0 atom stereocenters. The molecule has 0 saturated carbocycles. The average molecular weight is 314 g/mol. The van der Waals surface area contributed by atoms with E-state index in [0.29, 0.717) is 18.1 Å². The molecule has 2 N–H and O–H groups in total. The number of hydrogen-bond acceptors (Lipinski definition) is 5. The zero-order valence-electron chi connectivity index (χ0n) is 13.9. The number of ether oxygens (including phenoxy) is 1. The molecule has 0 bridgehead atoms. The van der Waals surface area contributed by atoms with Crippen molar-refractivity contribution in [2.45, 2.75) is 32.9 Å². The first-order chi connectivity index (χ1) is 10.9. The molecule has 23 heavy (non-hydrogen) atoms. The van der Waals surface area contributed by atoms with Gasteiger partial charge in [0, 0.05) is 17.6 Å². The zero-order valence-corrected chi connectivity index (χ0v) is 13.9. The minimum atomic E-state index is -0.306. The van der Waals surface area contributed by atoms with Crippen molar-refractivity contribution >= 4 is 11.7 Å². The normalized spacial score (nSPS) is 11.0. The Labute approximate surface area is 136 Å². The van der Waals surface area contributed by atoms with Gasteiger partial charge in [-0.3, -0.25) is 4.79 Å². The Morgan fingerprint density at radius 1 is 1.13 bits per heavy atom. The van der Waals surface area contributed by atoms with E-state index in [-0.39, 0.29) is 11.4 Å². The molecule has 2 aromatic rings. The molecule has 0 fully saturated rings. The minimum Gasteiger partial charge on any atom is -0.496 e. The highest BCUT2D eigenvalue weighted by Gasteiger charge is 2.16. The lowest BCUT2D eigenvalue weighted by molar-refractivity contribution is 0.0913. The highest BCUT2D eigenvalue weighted by atomic mass is 16.5. The van der Waals surface area contributed by atoms with Crippen LogP contribution in [0.2, 0.25) is 0 Å². The lowest BCUT2D eigenvalue weighted by Gasteiger charge is -2.19. The summed E-state index contributed by atoms with van der Waals surface area (Å²) in [5.41, 5.74) is 1.01. The van der Waals surface area contributed by atoms with Gasteiger partial charge in [-0.1, -0.05) is 18.2 Å². The summed E-state index contributed by atoms with van der Waals surface area (Å²) in [4.78, 5) is 12.0. The molecule has 6 nitrogen and oxygen atoms in total. The van der Waals surface area contributed by atoms with Gasteiger partial charge in [0.25, 0.3) is 5.91 Å². The Morgan fingerprint density at radius 2 is 1.87 bits per heavy atom. The lowest BCUT2D eigenvalue weighted by Crippen LogP contribution is -2.41. The fourth-order valence-corrected chi connectivity index (χ4v) is 1.99. The summed E-state index contributed by atoms with van der Waals surface area (Å²) in [6.45, 7) is 6.32. The van der Waals surface area contributed by atoms with E-state index in [1.54, 1.807) is 19.2 Å². The van der Waals surface area contributed by atoms with Gasteiger partial charge >= 0.3 is 0 Å². The summed E-state index contributed by atoms with van der Waals surface area (Å²) in [6, 6.07) is 11.1. The van der Waals surface area contributed by atoms with Crippen LogP contribution in [0.5, 0.6) is 5.75 Å². The predicted octanol–water partition coefficient (Wildman–Crippen LogP) is 2.63. The van der Waals surface area contributed by atoms with Crippen LogP contribution in [0.3, 0.4) is 0 Å². The SMILES string of the molecule is COc1ccccc1CNc1ccc(C(=O)NC(C)(C)C)nn1. The number of rotatable bonds is 5. The van der Waals surface area contributed by atoms with Crippen molar-refractivity contribution < 1.29 is 9.53 Å². The van der Waals surface area contributed by atoms with Crippen LogP contribution >= 0.6 is 0 Å². The standard InChI is InChI=1S/C17H22N4O2/c1-17(2,3)19-16(22)13-9-10-15(21-20-13)18-11-12-7-5-6-8-14(12)23-4/h5-10H,11H2,1-4H3,(H,18,21)(H,19,22). The molecular formula is C17H22N4O2. The van der Waals surface area contributed by atoms with E-state index in [4.69, 9.17) is 4.74 Å². The molecule has 6 heteroatoms. The molecule has 0 unspecified atom stereocenters. The van der Waals surface area contributed by atoms with Crippen molar-refractivity contribution in [1.82, 2.24) is 15.5 Å². The number of methoxy groups -OCH3 is 1. The number of carbonyl (C=O) groups excluding carboxylic acids is 1. The van der Waals surface area contributed by atoms with Crippen LogP contribution in [-0.4, -0.2) is 28.8 Å². The highest BCUT2D eigenvalue weighted by Crippen LogP contribution is 2.18. The summed E-state index contributed by atoms with van der Waals surface area (Å²) in [5.74, 6) is 1.18. The number of anilines is 1. The second-order valence-electron chi connectivity index (χ2n) is 6.17. The number of aromatic nitrogens is 2. The molecule has 1 amide bonds. The summed E-state index contributed by atoms with van der Waals surface area (Å²) in [6.07, 6.45) is 0. The van der Waals surface area contributed by atoms with Gasteiger partial charge < -0.3 is 15.4 Å². The van der Waals surface area contributed by atoms with Crippen LogP contribution < -0.4 is 15.4 Å². The van der Waals surface area contributed by atoms with Gasteiger partial charge in [-0.2, -0.15) is 0 Å². The Morgan fingerprint density at radius 3 is 2.48 bits per heavy atom. The smallest absolute Gasteiger partial charge is 0.272 e. The first-order valence-electron chi connectivity index (χ1n) is 7.41. The van der Waals surface area contributed by atoms with Crippen LogP contribution in [0.15, 0.2) is 36.4 Å². The number of para-hydroxylation sites is 1. The number of nitrogens with zero attached hydrogens (tertiary/aromatic N) is 2. The van der Waals surface area contributed by atoms with E-state index in [1.165, 1.54) is 0 Å². The molecule has 1 heterocycles.